The van der Waals surface area contributed by atoms with Gasteiger partial charge in [0.15, 0.2) is 0 Å². The van der Waals surface area contributed by atoms with E-state index < -0.39 is 6.10 Å². The fourth-order valence-corrected chi connectivity index (χ4v) is 2.39. The van der Waals surface area contributed by atoms with Crippen LogP contribution >= 0.6 is 0 Å². The molecule has 0 bridgehead atoms. The molecule has 0 saturated carbocycles. The van der Waals surface area contributed by atoms with Crippen molar-refractivity contribution in [2.45, 2.75) is 32.1 Å². The Morgan fingerprint density at radius 2 is 2.32 bits per heavy atom. The minimum absolute atomic E-state index is 0.00787. The summed E-state index contributed by atoms with van der Waals surface area (Å²) in [6.45, 7) is 3.04. The third-order valence-electron chi connectivity index (χ3n) is 3.43. The van der Waals surface area contributed by atoms with Crippen LogP contribution in [-0.4, -0.2) is 26.7 Å². The fourth-order valence-electron chi connectivity index (χ4n) is 2.39. The van der Waals surface area contributed by atoms with Crippen LogP contribution < -0.4 is 0 Å². The monoisotopic (exact) mass is 259 g/mol. The number of ether oxygens (including phenoxy) is 1. The molecule has 2 aromatic rings. The van der Waals surface area contributed by atoms with Gasteiger partial charge in [-0.2, -0.15) is 0 Å². The van der Waals surface area contributed by atoms with Crippen LogP contribution in [0.3, 0.4) is 0 Å². The van der Waals surface area contributed by atoms with E-state index in [1.165, 1.54) is 11.1 Å². The number of fused-ring (bicyclic) bond motifs is 1. The molecule has 1 N–H and O–H groups in total. The largest absolute Gasteiger partial charge is 0.387 e. The number of rotatable bonds is 3. The molecule has 0 fully saturated rings. The van der Waals surface area contributed by atoms with Crippen molar-refractivity contribution >= 4 is 0 Å². The normalized spacial score (nSPS) is 20.0. The Morgan fingerprint density at radius 3 is 3.11 bits per heavy atom. The maximum atomic E-state index is 9.45. The SMILES string of the molecule is CC(O)c1cn(CC2OCCc3ccccc32)nn1. The van der Waals surface area contributed by atoms with Crippen molar-refractivity contribution in [3.63, 3.8) is 0 Å². The Morgan fingerprint density at radius 1 is 1.47 bits per heavy atom. The first-order valence-corrected chi connectivity index (χ1v) is 6.51. The van der Waals surface area contributed by atoms with E-state index in [1.807, 2.05) is 6.07 Å². The second-order valence-electron chi connectivity index (χ2n) is 4.85. The molecule has 0 saturated heterocycles. The molecule has 1 aromatic heterocycles. The minimum atomic E-state index is -0.590. The zero-order valence-corrected chi connectivity index (χ0v) is 10.9. The molecule has 2 atom stereocenters. The van der Waals surface area contributed by atoms with Crippen LogP contribution in [-0.2, 0) is 17.7 Å². The standard InChI is InChI=1S/C14H17N3O2/c1-10(18)13-8-17(16-15-13)9-14-12-5-3-2-4-11(12)6-7-19-14/h2-5,8,10,14,18H,6-7,9H2,1H3. The van der Waals surface area contributed by atoms with Crippen molar-refractivity contribution in [2.75, 3.05) is 6.61 Å². The Balaban J connectivity index is 1.80. The maximum absolute atomic E-state index is 9.45. The summed E-state index contributed by atoms with van der Waals surface area (Å²) in [5.74, 6) is 0. The number of aliphatic hydroxyl groups excluding tert-OH is 1. The lowest BCUT2D eigenvalue weighted by molar-refractivity contribution is 0.0279. The number of aromatic nitrogens is 3. The summed E-state index contributed by atoms with van der Waals surface area (Å²) in [4.78, 5) is 0. The van der Waals surface area contributed by atoms with Crippen molar-refractivity contribution in [3.05, 3.63) is 47.3 Å². The van der Waals surface area contributed by atoms with Crippen LogP contribution in [0.4, 0.5) is 0 Å². The van der Waals surface area contributed by atoms with Gasteiger partial charge in [-0.15, -0.1) is 5.10 Å². The first-order valence-electron chi connectivity index (χ1n) is 6.51. The molecule has 5 heteroatoms. The average molecular weight is 259 g/mol. The molecule has 0 spiro atoms. The lowest BCUT2D eigenvalue weighted by Gasteiger charge is -2.25. The van der Waals surface area contributed by atoms with Crippen molar-refractivity contribution in [1.29, 1.82) is 0 Å². The van der Waals surface area contributed by atoms with Crippen LogP contribution in [0.2, 0.25) is 0 Å². The first-order chi connectivity index (χ1) is 9.24. The van der Waals surface area contributed by atoms with Gasteiger partial charge in [-0.3, -0.25) is 0 Å². The van der Waals surface area contributed by atoms with Crippen LogP contribution in [0.25, 0.3) is 0 Å². The predicted octanol–water partition coefficient (Wildman–Crippen LogP) is 1.65. The van der Waals surface area contributed by atoms with Gasteiger partial charge in [0.1, 0.15) is 11.8 Å². The van der Waals surface area contributed by atoms with E-state index >= 15 is 0 Å². The molecular formula is C14H17N3O2. The molecule has 1 aromatic carbocycles. The molecule has 3 rings (SSSR count). The first kappa shape index (κ1) is 12.3. The molecule has 19 heavy (non-hydrogen) atoms. The summed E-state index contributed by atoms with van der Waals surface area (Å²) in [7, 11) is 0. The molecule has 0 amide bonds. The van der Waals surface area contributed by atoms with Gasteiger partial charge in [0, 0.05) is 0 Å². The molecular weight excluding hydrogens is 242 g/mol. The quantitative estimate of drug-likeness (QED) is 0.910. The average Bonchev–Trinajstić information content (AvgIpc) is 2.88. The van der Waals surface area contributed by atoms with Crippen LogP contribution in [0.5, 0.6) is 0 Å². The van der Waals surface area contributed by atoms with Gasteiger partial charge >= 0.3 is 0 Å². The van der Waals surface area contributed by atoms with E-state index in [0.717, 1.165) is 13.0 Å². The number of nitrogens with zero attached hydrogens (tertiary/aromatic N) is 3. The van der Waals surface area contributed by atoms with E-state index in [1.54, 1.807) is 17.8 Å². The summed E-state index contributed by atoms with van der Waals surface area (Å²) >= 11 is 0. The van der Waals surface area contributed by atoms with Crippen molar-refractivity contribution in [1.82, 2.24) is 15.0 Å². The zero-order valence-electron chi connectivity index (χ0n) is 10.9. The summed E-state index contributed by atoms with van der Waals surface area (Å²) in [5, 5.41) is 17.4. The highest BCUT2D eigenvalue weighted by molar-refractivity contribution is 5.30. The second-order valence-corrected chi connectivity index (χ2v) is 4.85. The van der Waals surface area contributed by atoms with Gasteiger partial charge in [-0.05, 0) is 24.5 Å². The van der Waals surface area contributed by atoms with Crippen molar-refractivity contribution < 1.29 is 9.84 Å². The third kappa shape index (κ3) is 2.52. The summed E-state index contributed by atoms with van der Waals surface area (Å²) in [6.07, 6.45) is 2.15. The highest BCUT2D eigenvalue weighted by atomic mass is 16.5. The lowest BCUT2D eigenvalue weighted by Crippen LogP contribution is -2.20. The van der Waals surface area contributed by atoms with E-state index in [-0.39, 0.29) is 6.10 Å². The van der Waals surface area contributed by atoms with E-state index in [9.17, 15) is 5.11 Å². The maximum Gasteiger partial charge on any atom is 0.111 e. The predicted molar refractivity (Wildman–Crippen MR) is 69.5 cm³/mol. The number of hydrogen-bond donors (Lipinski definition) is 1. The molecule has 1 aliphatic heterocycles. The lowest BCUT2D eigenvalue weighted by atomic mass is 9.98. The summed E-state index contributed by atoms with van der Waals surface area (Å²) in [5.41, 5.74) is 3.15. The van der Waals surface area contributed by atoms with Crippen molar-refractivity contribution in [3.8, 4) is 0 Å². The highest BCUT2D eigenvalue weighted by Crippen LogP contribution is 2.28. The van der Waals surface area contributed by atoms with Crippen LogP contribution in [0.15, 0.2) is 30.5 Å². The Kier molecular flexibility index (Phi) is 3.31. The summed E-state index contributed by atoms with van der Waals surface area (Å²) in [6, 6.07) is 8.34. The van der Waals surface area contributed by atoms with Gasteiger partial charge in [-0.25, -0.2) is 4.68 Å². The number of benzene rings is 1. The molecule has 2 heterocycles. The minimum Gasteiger partial charge on any atom is -0.387 e. The van der Waals surface area contributed by atoms with Gasteiger partial charge in [0.05, 0.1) is 25.5 Å². The van der Waals surface area contributed by atoms with E-state index in [4.69, 9.17) is 4.74 Å². The molecule has 0 radical (unpaired) electrons. The van der Waals surface area contributed by atoms with Crippen LogP contribution in [0.1, 0.15) is 36.0 Å². The van der Waals surface area contributed by atoms with Gasteiger partial charge in [0.2, 0.25) is 0 Å². The van der Waals surface area contributed by atoms with Crippen LogP contribution in [0, 0.1) is 0 Å². The van der Waals surface area contributed by atoms with E-state index in [0.29, 0.717) is 12.2 Å². The highest BCUT2D eigenvalue weighted by Gasteiger charge is 2.21. The zero-order chi connectivity index (χ0) is 13.2. The Bertz CT molecular complexity index is 565. The fraction of sp³-hybridized carbons (Fsp3) is 0.429. The molecule has 2 unspecified atom stereocenters. The van der Waals surface area contributed by atoms with Crippen molar-refractivity contribution in [2.24, 2.45) is 0 Å². The molecule has 1 aliphatic rings. The van der Waals surface area contributed by atoms with E-state index in [2.05, 4.69) is 28.5 Å². The third-order valence-corrected chi connectivity index (χ3v) is 3.43. The smallest absolute Gasteiger partial charge is 0.111 e. The molecule has 0 aliphatic carbocycles. The topological polar surface area (TPSA) is 60.2 Å². The van der Waals surface area contributed by atoms with Gasteiger partial charge in [-0.1, -0.05) is 29.5 Å². The Labute approximate surface area is 111 Å². The van der Waals surface area contributed by atoms with Gasteiger partial charge in [0.25, 0.3) is 0 Å². The molecule has 5 nitrogen and oxygen atoms in total. The second kappa shape index (κ2) is 5.11. The molecule has 100 valence electrons. The van der Waals surface area contributed by atoms with Gasteiger partial charge < -0.3 is 9.84 Å². The number of hydrogen-bond acceptors (Lipinski definition) is 4. The Hall–Kier alpha value is -1.72. The summed E-state index contributed by atoms with van der Waals surface area (Å²) < 4.78 is 7.56. The number of aliphatic hydroxyl groups is 1.